The number of ether oxygens (including phenoxy) is 4. The van der Waals surface area contributed by atoms with Gasteiger partial charge < -0.3 is 24.3 Å². The zero-order chi connectivity index (χ0) is 19.3. The van der Waals surface area contributed by atoms with Crippen molar-refractivity contribution in [3.8, 4) is 23.0 Å². The molecule has 1 N–H and O–H groups in total. The molecule has 0 aliphatic carbocycles. The Morgan fingerprint density at radius 1 is 0.923 bits per heavy atom. The van der Waals surface area contributed by atoms with Crippen LogP contribution in [-0.4, -0.2) is 33.8 Å². The minimum absolute atomic E-state index is 0.139. The number of methoxy groups -OCH3 is 3. The van der Waals surface area contributed by atoms with Crippen LogP contribution in [0.5, 0.6) is 23.0 Å². The van der Waals surface area contributed by atoms with E-state index in [0.29, 0.717) is 33.7 Å². The predicted octanol–water partition coefficient (Wildman–Crippen LogP) is 4.00. The van der Waals surface area contributed by atoms with Gasteiger partial charge in [0.25, 0.3) is 5.91 Å². The lowest BCUT2D eigenvalue weighted by atomic mass is 10.1. The second-order valence-corrected chi connectivity index (χ2v) is 6.06. The number of benzene rings is 2. The van der Waals surface area contributed by atoms with Gasteiger partial charge in [-0.3, -0.25) is 4.79 Å². The Labute approximate surface area is 158 Å². The Morgan fingerprint density at radius 2 is 1.46 bits per heavy atom. The summed E-state index contributed by atoms with van der Waals surface area (Å²) in [6.45, 7) is 3.62. The summed E-state index contributed by atoms with van der Waals surface area (Å²) in [5.74, 6) is 1.69. The van der Waals surface area contributed by atoms with E-state index >= 15 is 0 Å². The largest absolute Gasteiger partial charge is 0.493 e. The molecule has 2 rings (SSSR count). The zero-order valence-corrected chi connectivity index (χ0v) is 16.2. The van der Waals surface area contributed by atoms with Crippen molar-refractivity contribution < 1.29 is 23.7 Å². The van der Waals surface area contributed by atoms with Gasteiger partial charge in [0.1, 0.15) is 5.75 Å². The van der Waals surface area contributed by atoms with E-state index in [9.17, 15) is 4.79 Å². The van der Waals surface area contributed by atoms with Crippen LogP contribution in [0.2, 0.25) is 5.02 Å². The first-order chi connectivity index (χ1) is 12.4. The van der Waals surface area contributed by atoms with Crippen LogP contribution in [0, 0.1) is 13.8 Å². The first kappa shape index (κ1) is 19.7. The summed E-state index contributed by atoms with van der Waals surface area (Å²) < 4.78 is 21.5. The molecule has 2 aromatic carbocycles. The van der Waals surface area contributed by atoms with Crippen molar-refractivity contribution in [3.63, 3.8) is 0 Å². The summed E-state index contributed by atoms with van der Waals surface area (Å²) in [7, 11) is 4.54. The van der Waals surface area contributed by atoms with Crippen molar-refractivity contribution in [3.05, 3.63) is 40.4 Å². The second kappa shape index (κ2) is 8.67. The summed E-state index contributed by atoms with van der Waals surface area (Å²) >= 11 is 6.01. The van der Waals surface area contributed by atoms with Crippen molar-refractivity contribution in [1.29, 1.82) is 0 Å². The van der Waals surface area contributed by atoms with E-state index < -0.39 is 0 Å². The van der Waals surface area contributed by atoms with Crippen LogP contribution >= 0.6 is 11.6 Å². The number of hydrogen-bond acceptors (Lipinski definition) is 5. The minimum Gasteiger partial charge on any atom is -0.493 e. The van der Waals surface area contributed by atoms with E-state index in [1.807, 2.05) is 13.8 Å². The van der Waals surface area contributed by atoms with Gasteiger partial charge in [0.15, 0.2) is 18.1 Å². The zero-order valence-electron chi connectivity index (χ0n) is 15.4. The van der Waals surface area contributed by atoms with E-state index in [2.05, 4.69) is 5.32 Å². The number of carbonyl (C=O) groups excluding carboxylic acids is 1. The fraction of sp³-hybridized carbons (Fsp3) is 0.316. The van der Waals surface area contributed by atoms with Crippen LogP contribution in [0.15, 0.2) is 24.3 Å². The molecule has 0 saturated carbocycles. The number of carbonyl (C=O) groups is 1. The molecule has 6 nitrogen and oxygen atoms in total. The van der Waals surface area contributed by atoms with Gasteiger partial charge in [-0.15, -0.1) is 0 Å². The summed E-state index contributed by atoms with van der Waals surface area (Å²) in [6.07, 6.45) is 0. The molecule has 0 unspecified atom stereocenters. The van der Waals surface area contributed by atoms with Crippen molar-refractivity contribution in [2.75, 3.05) is 33.3 Å². The fourth-order valence-corrected chi connectivity index (χ4v) is 2.94. The first-order valence-electron chi connectivity index (χ1n) is 7.89. The number of halogens is 1. The number of anilines is 1. The normalized spacial score (nSPS) is 10.2. The molecule has 0 aliphatic heterocycles. The molecule has 140 valence electrons. The standard InChI is InChI=1S/C19H22ClNO5/c1-11-6-13(20)7-12(2)18(11)26-10-17(22)21-14-8-15(23-3)19(25-5)16(9-14)24-4/h6-9H,10H2,1-5H3,(H,21,22). The van der Waals surface area contributed by atoms with Crippen LogP contribution in [0.4, 0.5) is 5.69 Å². The van der Waals surface area contributed by atoms with E-state index in [-0.39, 0.29) is 12.5 Å². The first-order valence-corrected chi connectivity index (χ1v) is 8.26. The Bertz CT molecular complexity index is 759. The minimum atomic E-state index is -0.312. The Balaban J connectivity index is 2.11. The molecule has 0 radical (unpaired) electrons. The smallest absolute Gasteiger partial charge is 0.262 e. The molecular weight excluding hydrogens is 358 g/mol. The third-order valence-electron chi connectivity index (χ3n) is 3.72. The second-order valence-electron chi connectivity index (χ2n) is 5.62. The SMILES string of the molecule is COc1cc(NC(=O)COc2c(C)cc(Cl)cc2C)cc(OC)c1OC. The lowest BCUT2D eigenvalue weighted by Crippen LogP contribution is -2.20. The monoisotopic (exact) mass is 379 g/mol. The number of amides is 1. The quantitative estimate of drug-likeness (QED) is 0.787. The van der Waals surface area contributed by atoms with Crippen molar-refractivity contribution >= 4 is 23.2 Å². The maximum Gasteiger partial charge on any atom is 0.262 e. The van der Waals surface area contributed by atoms with Crippen LogP contribution in [0.1, 0.15) is 11.1 Å². The Hall–Kier alpha value is -2.60. The molecule has 26 heavy (non-hydrogen) atoms. The summed E-state index contributed by atoms with van der Waals surface area (Å²) in [4.78, 5) is 12.3. The highest BCUT2D eigenvalue weighted by Crippen LogP contribution is 2.39. The number of rotatable bonds is 7. The Kier molecular flexibility index (Phi) is 6.58. The van der Waals surface area contributed by atoms with Gasteiger partial charge in [0.2, 0.25) is 5.75 Å². The Morgan fingerprint density at radius 3 is 1.92 bits per heavy atom. The summed E-state index contributed by atoms with van der Waals surface area (Å²) in [5, 5.41) is 3.39. The maximum absolute atomic E-state index is 12.3. The molecule has 0 aliphatic rings. The summed E-state index contributed by atoms with van der Waals surface area (Å²) in [5.41, 5.74) is 2.25. The van der Waals surface area contributed by atoms with Gasteiger partial charge in [-0.1, -0.05) is 11.6 Å². The lowest BCUT2D eigenvalue weighted by Gasteiger charge is -2.15. The molecule has 0 atom stereocenters. The highest BCUT2D eigenvalue weighted by molar-refractivity contribution is 6.30. The topological polar surface area (TPSA) is 66.0 Å². The molecule has 2 aromatic rings. The van der Waals surface area contributed by atoms with E-state index in [4.69, 9.17) is 30.5 Å². The van der Waals surface area contributed by atoms with Gasteiger partial charge in [-0.25, -0.2) is 0 Å². The molecule has 0 aromatic heterocycles. The third kappa shape index (κ3) is 4.52. The maximum atomic E-state index is 12.3. The van der Waals surface area contributed by atoms with E-state index in [1.165, 1.54) is 21.3 Å². The molecule has 0 heterocycles. The fourth-order valence-electron chi connectivity index (χ4n) is 2.61. The molecule has 0 fully saturated rings. The van der Waals surface area contributed by atoms with Gasteiger partial charge in [-0.05, 0) is 37.1 Å². The number of nitrogens with one attached hydrogen (secondary N) is 1. The highest BCUT2D eigenvalue weighted by atomic mass is 35.5. The molecule has 0 bridgehead atoms. The number of aryl methyl sites for hydroxylation is 2. The molecule has 7 heteroatoms. The molecule has 0 spiro atoms. The molecule has 0 saturated heterocycles. The number of hydrogen-bond donors (Lipinski definition) is 1. The lowest BCUT2D eigenvalue weighted by molar-refractivity contribution is -0.118. The van der Waals surface area contributed by atoms with Gasteiger partial charge >= 0.3 is 0 Å². The average Bonchev–Trinajstić information content (AvgIpc) is 2.59. The van der Waals surface area contributed by atoms with Crippen LogP contribution < -0.4 is 24.3 Å². The summed E-state index contributed by atoms with van der Waals surface area (Å²) in [6, 6.07) is 6.89. The van der Waals surface area contributed by atoms with Gasteiger partial charge in [0.05, 0.1) is 21.3 Å². The molecular formula is C19H22ClNO5. The van der Waals surface area contributed by atoms with Crippen LogP contribution in [-0.2, 0) is 4.79 Å². The van der Waals surface area contributed by atoms with Crippen molar-refractivity contribution in [2.45, 2.75) is 13.8 Å². The van der Waals surface area contributed by atoms with Crippen LogP contribution in [0.25, 0.3) is 0 Å². The molecule has 1 amide bonds. The van der Waals surface area contributed by atoms with Crippen molar-refractivity contribution in [1.82, 2.24) is 0 Å². The van der Waals surface area contributed by atoms with E-state index in [0.717, 1.165) is 11.1 Å². The van der Waals surface area contributed by atoms with Crippen molar-refractivity contribution in [2.24, 2.45) is 0 Å². The predicted molar refractivity (Wildman–Crippen MR) is 101 cm³/mol. The highest BCUT2D eigenvalue weighted by Gasteiger charge is 2.15. The van der Waals surface area contributed by atoms with E-state index in [1.54, 1.807) is 24.3 Å². The third-order valence-corrected chi connectivity index (χ3v) is 3.94. The van der Waals surface area contributed by atoms with Gasteiger partial charge in [-0.2, -0.15) is 0 Å². The average molecular weight is 380 g/mol. The van der Waals surface area contributed by atoms with Gasteiger partial charge in [0, 0.05) is 22.8 Å². The van der Waals surface area contributed by atoms with Crippen LogP contribution in [0.3, 0.4) is 0 Å².